The molecule has 2 heterocycles. The lowest BCUT2D eigenvalue weighted by molar-refractivity contribution is 0.202. The first-order valence-electron chi connectivity index (χ1n) is 10.9. The highest BCUT2D eigenvalue weighted by Crippen LogP contribution is 2.28. The van der Waals surface area contributed by atoms with E-state index in [4.69, 9.17) is 9.47 Å². The molecule has 0 unspecified atom stereocenters. The van der Waals surface area contributed by atoms with E-state index in [2.05, 4.69) is 48.1 Å². The molecular weight excluding hydrogens is 372 g/mol. The Labute approximate surface area is 179 Å². The van der Waals surface area contributed by atoms with Crippen molar-refractivity contribution < 1.29 is 9.47 Å². The van der Waals surface area contributed by atoms with Crippen molar-refractivity contribution >= 4 is 0 Å². The Balaban J connectivity index is 1.35. The second-order valence-corrected chi connectivity index (χ2v) is 8.35. The van der Waals surface area contributed by atoms with Crippen molar-refractivity contribution in [3.63, 3.8) is 0 Å². The molecule has 1 saturated heterocycles. The second-order valence-electron chi connectivity index (χ2n) is 8.35. The molecule has 1 aromatic heterocycles. The fourth-order valence-corrected chi connectivity index (χ4v) is 3.39. The van der Waals surface area contributed by atoms with Crippen LogP contribution < -0.4 is 4.74 Å². The third-order valence-electron chi connectivity index (χ3n) is 5.55. The Morgan fingerprint density at radius 1 is 0.867 bits per heavy atom. The molecule has 4 heteroatoms. The predicted octanol–water partition coefficient (Wildman–Crippen LogP) is 6.10. The molecule has 3 aromatic rings. The summed E-state index contributed by atoms with van der Waals surface area (Å²) in [5, 5.41) is 0. The van der Waals surface area contributed by atoms with E-state index >= 15 is 0 Å². The zero-order valence-corrected chi connectivity index (χ0v) is 17.9. The van der Waals surface area contributed by atoms with Gasteiger partial charge in [-0.15, -0.1) is 0 Å². The molecule has 1 atom stereocenters. The van der Waals surface area contributed by atoms with Crippen molar-refractivity contribution in [2.24, 2.45) is 0 Å². The van der Waals surface area contributed by atoms with Crippen molar-refractivity contribution in [2.45, 2.75) is 51.6 Å². The number of nitrogens with zero attached hydrogens (tertiary/aromatic N) is 2. The van der Waals surface area contributed by atoms with Gasteiger partial charge in [-0.05, 0) is 55.2 Å². The molecule has 0 spiro atoms. The molecule has 0 N–H and O–H groups in total. The van der Waals surface area contributed by atoms with E-state index in [1.165, 1.54) is 31.2 Å². The van der Waals surface area contributed by atoms with Crippen LogP contribution in [0.3, 0.4) is 0 Å². The molecule has 0 bridgehead atoms. The summed E-state index contributed by atoms with van der Waals surface area (Å²) >= 11 is 0. The van der Waals surface area contributed by atoms with Crippen LogP contribution in [-0.2, 0) is 11.2 Å². The summed E-state index contributed by atoms with van der Waals surface area (Å²) < 4.78 is 11.1. The maximum Gasteiger partial charge on any atom is 0.159 e. The summed E-state index contributed by atoms with van der Waals surface area (Å²) in [5.41, 5.74) is 4.46. The standard InChI is InChI=1S/C26H30N2O2/c1-3-4-5-6-7-20-8-10-21(11-9-20)23-16-27-25(28-17-23)22-12-14-24(15-13-22)29-18-26(2)19-30-26/h8-17H,3-7,18-19H2,1-2H3/t26-/m1/s1. The van der Waals surface area contributed by atoms with Crippen molar-refractivity contribution in [1.29, 1.82) is 0 Å². The van der Waals surface area contributed by atoms with E-state index in [1.807, 2.05) is 36.7 Å². The summed E-state index contributed by atoms with van der Waals surface area (Å²) in [7, 11) is 0. The zero-order chi connectivity index (χ0) is 20.8. The van der Waals surface area contributed by atoms with Crippen LogP contribution in [0.4, 0.5) is 0 Å². The van der Waals surface area contributed by atoms with Gasteiger partial charge in [0.1, 0.15) is 18.0 Å². The van der Waals surface area contributed by atoms with E-state index in [0.717, 1.165) is 41.3 Å². The molecule has 1 aliphatic rings. The van der Waals surface area contributed by atoms with Crippen molar-refractivity contribution in [3.05, 3.63) is 66.5 Å². The first kappa shape index (κ1) is 20.5. The highest BCUT2D eigenvalue weighted by molar-refractivity contribution is 5.64. The van der Waals surface area contributed by atoms with Crippen LogP contribution in [0.25, 0.3) is 22.5 Å². The van der Waals surface area contributed by atoms with Gasteiger partial charge in [-0.2, -0.15) is 0 Å². The number of epoxide rings is 1. The van der Waals surface area contributed by atoms with Crippen LogP contribution >= 0.6 is 0 Å². The molecule has 0 saturated carbocycles. The molecule has 1 aliphatic heterocycles. The number of rotatable bonds is 10. The molecular formula is C26H30N2O2. The van der Waals surface area contributed by atoms with Crippen LogP contribution in [0.1, 0.15) is 45.1 Å². The Bertz CT molecular complexity index is 930. The van der Waals surface area contributed by atoms with Gasteiger partial charge in [-0.3, -0.25) is 0 Å². The van der Waals surface area contributed by atoms with Gasteiger partial charge in [-0.25, -0.2) is 9.97 Å². The number of aryl methyl sites for hydroxylation is 1. The summed E-state index contributed by atoms with van der Waals surface area (Å²) in [5.74, 6) is 1.55. The number of ether oxygens (including phenoxy) is 2. The Kier molecular flexibility index (Phi) is 6.44. The van der Waals surface area contributed by atoms with Crippen LogP contribution in [0.2, 0.25) is 0 Å². The van der Waals surface area contributed by atoms with Gasteiger partial charge < -0.3 is 9.47 Å². The normalized spacial score (nSPS) is 17.7. The maximum atomic E-state index is 5.78. The van der Waals surface area contributed by atoms with Crippen LogP contribution in [0.5, 0.6) is 5.75 Å². The van der Waals surface area contributed by atoms with Gasteiger partial charge in [0.25, 0.3) is 0 Å². The first-order chi connectivity index (χ1) is 14.6. The largest absolute Gasteiger partial charge is 0.491 e. The van der Waals surface area contributed by atoms with Crippen LogP contribution in [-0.4, -0.2) is 28.8 Å². The molecule has 2 aromatic carbocycles. The highest BCUT2D eigenvalue weighted by atomic mass is 16.6. The molecule has 4 rings (SSSR count). The molecule has 0 amide bonds. The molecule has 4 nitrogen and oxygen atoms in total. The van der Waals surface area contributed by atoms with Gasteiger partial charge >= 0.3 is 0 Å². The quantitative estimate of drug-likeness (QED) is 0.304. The number of hydrogen-bond acceptors (Lipinski definition) is 4. The number of hydrogen-bond donors (Lipinski definition) is 0. The molecule has 0 radical (unpaired) electrons. The minimum Gasteiger partial charge on any atom is -0.491 e. The van der Waals surface area contributed by atoms with Crippen molar-refractivity contribution in [2.75, 3.05) is 13.2 Å². The number of unbranched alkanes of at least 4 members (excludes halogenated alkanes) is 3. The van der Waals surface area contributed by atoms with E-state index < -0.39 is 0 Å². The van der Waals surface area contributed by atoms with Gasteiger partial charge in [0.15, 0.2) is 5.82 Å². The van der Waals surface area contributed by atoms with E-state index in [1.54, 1.807) is 0 Å². The van der Waals surface area contributed by atoms with Gasteiger partial charge in [-0.1, -0.05) is 50.5 Å². The lowest BCUT2D eigenvalue weighted by Crippen LogP contribution is -2.16. The topological polar surface area (TPSA) is 47.5 Å². The smallest absolute Gasteiger partial charge is 0.159 e. The molecule has 1 fully saturated rings. The van der Waals surface area contributed by atoms with Crippen molar-refractivity contribution in [3.8, 4) is 28.3 Å². The number of aromatic nitrogens is 2. The first-order valence-corrected chi connectivity index (χ1v) is 10.9. The monoisotopic (exact) mass is 402 g/mol. The van der Waals surface area contributed by atoms with Gasteiger partial charge in [0, 0.05) is 23.5 Å². The van der Waals surface area contributed by atoms with Crippen LogP contribution in [0, 0.1) is 0 Å². The lowest BCUT2D eigenvalue weighted by atomic mass is 10.0. The third kappa shape index (κ3) is 5.45. The molecule has 30 heavy (non-hydrogen) atoms. The minimum absolute atomic E-state index is 0.106. The summed E-state index contributed by atoms with van der Waals surface area (Å²) in [6.07, 6.45) is 10.1. The third-order valence-corrected chi connectivity index (χ3v) is 5.55. The molecule has 156 valence electrons. The molecule has 0 aliphatic carbocycles. The second kappa shape index (κ2) is 9.40. The van der Waals surface area contributed by atoms with E-state index in [0.29, 0.717) is 6.61 Å². The van der Waals surface area contributed by atoms with Crippen molar-refractivity contribution in [1.82, 2.24) is 9.97 Å². The Morgan fingerprint density at radius 3 is 2.17 bits per heavy atom. The Hall–Kier alpha value is -2.72. The lowest BCUT2D eigenvalue weighted by Gasteiger charge is -2.09. The summed E-state index contributed by atoms with van der Waals surface area (Å²) in [6, 6.07) is 16.7. The van der Waals surface area contributed by atoms with E-state index in [-0.39, 0.29) is 5.60 Å². The zero-order valence-electron chi connectivity index (χ0n) is 17.9. The minimum atomic E-state index is -0.106. The average Bonchev–Trinajstić information content (AvgIpc) is 3.54. The number of benzene rings is 2. The van der Waals surface area contributed by atoms with E-state index in [9.17, 15) is 0 Å². The summed E-state index contributed by atoms with van der Waals surface area (Å²) in [6.45, 7) is 5.65. The SMILES string of the molecule is CCCCCCc1ccc(-c2cnc(-c3ccc(OC[C@]4(C)CO4)cc3)nc2)cc1. The van der Waals surface area contributed by atoms with Gasteiger partial charge in [0.05, 0.1) is 6.61 Å². The summed E-state index contributed by atoms with van der Waals surface area (Å²) in [4.78, 5) is 9.14. The Morgan fingerprint density at radius 2 is 1.53 bits per heavy atom. The highest BCUT2D eigenvalue weighted by Gasteiger charge is 2.40. The maximum absolute atomic E-state index is 5.78. The predicted molar refractivity (Wildman–Crippen MR) is 121 cm³/mol. The average molecular weight is 403 g/mol. The fourth-order valence-electron chi connectivity index (χ4n) is 3.39. The van der Waals surface area contributed by atoms with Gasteiger partial charge in [0.2, 0.25) is 0 Å². The van der Waals surface area contributed by atoms with Crippen LogP contribution in [0.15, 0.2) is 60.9 Å². The fraction of sp³-hybridized carbons (Fsp3) is 0.385.